The number of nitrogens with zero attached hydrogens (tertiary/aromatic N) is 6. The maximum atomic E-state index is 14.3. The van der Waals surface area contributed by atoms with Crippen LogP contribution in [-0.4, -0.2) is 66.2 Å². The fraction of sp³-hybridized carbons (Fsp3) is 0.500. The molecule has 11 heteroatoms. The molecule has 0 unspecified atom stereocenters. The zero-order chi connectivity index (χ0) is 29.2. The number of aromatic nitrogens is 3. The SMILES string of the molecule is CCN(CC)S(=O)(=O)CCCCN1CC(C)(C)c2ccc(Nc3ncnc4c3CCN(c3ncccc3F)C4)cc21. The monoisotopic (exact) mass is 581 g/mol. The lowest BCUT2D eigenvalue weighted by molar-refractivity contribution is 0.443. The Hall–Kier alpha value is -3.31. The maximum Gasteiger partial charge on any atom is 0.214 e. The molecule has 0 bridgehead atoms. The van der Waals surface area contributed by atoms with Crippen LogP contribution in [0.2, 0.25) is 0 Å². The van der Waals surface area contributed by atoms with Gasteiger partial charge in [-0.05, 0) is 49.1 Å². The van der Waals surface area contributed by atoms with Gasteiger partial charge in [0, 0.05) is 61.3 Å². The van der Waals surface area contributed by atoms with Crippen LogP contribution in [0.15, 0.2) is 42.9 Å². The average molecular weight is 582 g/mol. The Kier molecular flexibility index (Phi) is 8.47. The van der Waals surface area contributed by atoms with Crippen LogP contribution in [0.4, 0.5) is 27.4 Å². The number of anilines is 4. The third-order valence-corrected chi connectivity index (χ3v) is 10.2. The molecule has 41 heavy (non-hydrogen) atoms. The maximum absolute atomic E-state index is 14.3. The molecule has 0 saturated heterocycles. The molecule has 5 rings (SSSR count). The number of hydrogen-bond acceptors (Lipinski definition) is 8. The average Bonchev–Trinajstić information content (AvgIpc) is 3.20. The molecule has 9 nitrogen and oxygen atoms in total. The van der Waals surface area contributed by atoms with Crippen LogP contribution >= 0.6 is 0 Å². The standard InChI is InChI=1S/C30H40FN7O2S/c1-5-38(6-2)41(39,40)17-8-7-15-37-20-30(3,4)24-12-11-22(18-27(24)37)35-28-23-13-16-36(19-26(23)33-21-34-28)29-25(31)10-9-14-32-29/h9-12,14,18,21H,5-8,13,15-17,19-20H2,1-4H3,(H,33,34,35). The van der Waals surface area contributed by atoms with Gasteiger partial charge in [0.25, 0.3) is 0 Å². The summed E-state index contributed by atoms with van der Waals surface area (Å²) >= 11 is 0. The second kappa shape index (κ2) is 11.9. The molecular weight excluding hydrogens is 541 g/mol. The van der Waals surface area contributed by atoms with Gasteiger partial charge in [-0.2, -0.15) is 0 Å². The first kappa shape index (κ1) is 29.2. The van der Waals surface area contributed by atoms with Crippen molar-refractivity contribution in [1.29, 1.82) is 0 Å². The lowest BCUT2D eigenvalue weighted by atomic mass is 9.87. The number of nitrogens with one attached hydrogen (secondary N) is 1. The molecule has 0 aliphatic carbocycles. The highest BCUT2D eigenvalue weighted by atomic mass is 32.2. The van der Waals surface area contributed by atoms with Crippen molar-refractivity contribution in [3.05, 3.63) is 65.5 Å². The smallest absolute Gasteiger partial charge is 0.214 e. The topological polar surface area (TPSA) is 94.6 Å². The van der Waals surface area contributed by atoms with Crippen molar-refractivity contribution in [3.8, 4) is 0 Å². The molecule has 4 heterocycles. The van der Waals surface area contributed by atoms with Crippen molar-refractivity contribution < 1.29 is 12.8 Å². The summed E-state index contributed by atoms with van der Waals surface area (Å²) in [5, 5.41) is 3.52. The quantitative estimate of drug-likeness (QED) is 0.321. The minimum absolute atomic E-state index is 0.000548. The van der Waals surface area contributed by atoms with Gasteiger partial charge in [-0.1, -0.05) is 33.8 Å². The normalized spacial score (nSPS) is 16.1. The number of benzene rings is 1. The Bertz CT molecular complexity index is 1490. The van der Waals surface area contributed by atoms with Crippen LogP contribution in [-0.2, 0) is 28.4 Å². The molecule has 2 aromatic heterocycles. The fourth-order valence-electron chi connectivity index (χ4n) is 6.01. The zero-order valence-corrected chi connectivity index (χ0v) is 25.2. The van der Waals surface area contributed by atoms with Crippen molar-refractivity contribution >= 4 is 33.0 Å². The minimum atomic E-state index is -3.20. The van der Waals surface area contributed by atoms with Crippen LogP contribution < -0.4 is 15.1 Å². The largest absolute Gasteiger partial charge is 0.370 e. The number of hydrogen-bond donors (Lipinski definition) is 1. The molecule has 0 radical (unpaired) electrons. The Balaban J connectivity index is 1.29. The molecule has 3 aromatic rings. The van der Waals surface area contributed by atoms with E-state index in [-0.39, 0.29) is 17.0 Å². The zero-order valence-electron chi connectivity index (χ0n) is 24.4. The van der Waals surface area contributed by atoms with Crippen molar-refractivity contribution in [2.45, 2.75) is 58.9 Å². The van der Waals surface area contributed by atoms with Crippen LogP contribution in [0.5, 0.6) is 0 Å². The summed E-state index contributed by atoms with van der Waals surface area (Å²) in [6, 6.07) is 9.47. The Morgan fingerprint density at radius 3 is 2.66 bits per heavy atom. The highest BCUT2D eigenvalue weighted by Gasteiger charge is 2.35. The predicted molar refractivity (Wildman–Crippen MR) is 162 cm³/mol. The molecule has 0 saturated carbocycles. The fourth-order valence-corrected chi connectivity index (χ4v) is 7.63. The van der Waals surface area contributed by atoms with Crippen LogP contribution in [0, 0.1) is 5.82 Å². The van der Waals surface area contributed by atoms with E-state index in [1.807, 2.05) is 18.7 Å². The van der Waals surface area contributed by atoms with Crippen LogP contribution in [0.1, 0.15) is 57.4 Å². The van der Waals surface area contributed by atoms with Crippen molar-refractivity contribution in [2.24, 2.45) is 0 Å². The summed E-state index contributed by atoms with van der Waals surface area (Å²) in [6.45, 7) is 12.1. The summed E-state index contributed by atoms with van der Waals surface area (Å²) in [5.41, 5.74) is 5.30. The van der Waals surface area contributed by atoms with Crippen molar-refractivity contribution in [3.63, 3.8) is 0 Å². The molecule has 220 valence electrons. The van der Waals surface area contributed by atoms with Gasteiger partial charge in [0.2, 0.25) is 10.0 Å². The summed E-state index contributed by atoms with van der Waals surface area (Å²) < 4.78 is 41.1. The third-order valence-electron chi connectivity index (χ3n) is 8.14. The van der Waals surface area contributed by atoms with E-state index >= 15 is 0 Å². The van der Waals surface area contributed by atoms with E-state index in [0.717, 1.165) is 42.3 Å². The van der Waals surface area contributed by atoms with Crippen LogP contribution in [0.3, 0.4) is 0 Å². The van der Waals surface area contributed by atoms with E-state index in [9.17, 15) is 12.8 Å². The highest BCUT2D eigenvalue weighted by Crippen LogP contribution is 2.42. The first-order chi connectivity index (χ1) is 19.6. The van der Waals surface area contributed by atoms with E-state index in [4.69, 9.17) is 0 Å². The lowest BCUT2D eigenvalue weighted by Gasteiger charge is -2.30. The molecule has 0 atom stereocenters. The Morgan fingerprint density at radius 2 is 1.90 bits per heavy atom. The van der Waals surface area contributed by atoms with E-state index in [2.05, 4.69) is 57.2 Å². The van der Waals surface area contributed by atoms with E-state index in [0.29, 0.717) is 44.8 Å². The molecule has 1 N–H and O–H groups in total. The van der Waals surface area contributed by atoms with E-state index < -0.39 is 10.0 Å². The number of unbranched alkanes of at least 4 members (excludes halogenated alkanes) is 1. The van der Waals surface area contributed by atoms with Gasteiger partial charge in [0.1, 0.15) is 12.1 Å². The first-order valence-electron chi connectivity index (χ1n) is 14.5. The molecular formula is C30H40FN7O2S. The third kappa shape index (κ3) is 6.16. The second-order valence-electron chi connectivity index (χ2n) is 11.4. The van der Waals surface area contributed by atoms with Gasteiger partial charge >= 0.3 is 0 Å². The highest BCUT2D eigenvalue weighted by molar-refractivity contribution is 7.89. The second-order valence-corrected chi connectivity index (χ2v) is 13.5. The predicted octanol–water partition coefficient (Wildman–Crippen LogP) is 4.87. The molecule has 2 aliphatic heterocycles. The van der Waals surface area contributed by atoms with Gasteiger partial charge in [-0.15, -0.1) is 0 Å². The van der Waals surface area contributed by atoms with Gasteiger partial charge in [-0.25, -0.2) is 32.1 Å². The number of sulfonamides is 1. The minimum Gasteiger partial charge on any atom is -0.370 e. The molecule has 0 amide bonds. The summed E-state index contributed by atoms with van der Waals surface area (Å²) in [5.74, 6) is 0.961. The number of pyridine rings is 1. The summed E-state index contributed by atoms with van der Waals surface area (Å²) in [4.78, 5) is 17.6. The number of rotatable bonds is 11. The van der Waals surface area contributed by atoms with Gasteiger partial charge in [0.15, 0.2) is 11.6 Å². The summed E-state index contributed by atoms with van der Waals surface area (Å²) in [6.07, 6.45) is 5.27. The Morgan fingerprint density at radius 1 is 1.10 bits per heavy atom. The van der Waals surface area contributed by atoms with Crippen LogP contribution in [0.25, 0.3) is 0 Å². The van der Waals surface area contributed by atoms with Gasteiger partial charge < -0.3 is 15.1 Å². The van der Waals surface area contributed by atoms with Gasteiger partial charge in [-0.3, -0.25) is 0 Å². The van der Waals surface area contributed by atoms with Crippen molar-refractivity contribution in [2.75, 3.05) is 53.6 Å². The van der Waals surface area contributed by atoms with E-state index in [1.165, 1.54) is 17.3 Å². The van der Waals surface area contributed by atoms with Crippen molar-refractivity contribution in [1.82, 2.24) is 19.3 Å². The molecule has 0 spiro atoms. The Labute approximate surface area is 242 Å². The first-order valence-corrected chi connectivity index (χ1v) is 16.1. The van der Waals surface area contributed by atoms with E-state index in [1.54, 1.807) is 22.9 Å². The molecule has 1 aromatic carbocycles. The lowest BCUT2D eigenvalue weighted by Crippen LogP contribution is -2.33. The molecule has 0 fully saturated rings. The number of fused-ring (bicyclic) bond motifs is 2. The summed E-state index contributed by atoms with van der Waals surface area (Å²) in [7, 11) is -3.20. The van der Waals surface area contributed by atoms with Gasteiger partial charge in [0.05, 0.1) is 18.0 Å². The number of halogens is 1. The molecule has 2 aliphatic rings.